The molecule has 2 rings (SSSR count). The minimum Gasteiger partial charge on any atom is -0.358 e. The second-order valence-electron chi connectivity index (χ2n) is 5.53. The van der Waals surface area contributed by atoms with Crippen LogP contribution in [0, 0.1) is 5.92 Å². The quantitative estimate of drug-likeness (QED) is 0.847. The van der Waals surface area contributed by atoms with Gasteiger partial charge in [-0.15, -0.1) is 0 Å². The van der Waals surface area contributed by atoms with Crippen molar-refractivity contribution in [2.45, 2.75) is 26.9 Å². The third kappa shape index (κ3) is 3.61. The Labute approximate surface area is 120 Å². The molecule has 1 amide bonds. The van der Waals surface area contributed by atoms with Crippen LogP contribution < -0.4 is 10.6 Å². The van der Waals surface area contributed by atoms with Crippen LogP contribution >= 0.6 is 0 Å². The van der Waals surface area contributed by atoms with E-state index in [2.05, 4.69) is 48.7 Å². The van der Waals surface area contributed by atoms with Crippen LogP contribution in [-0.2, 0) is 17.9 Å². The molecule has 4 nitrogen and oxygen atoms in total. The maximum absolute atomic E-state index is 11.5. The second-order valence-corrected chi connectivity index (χ2v) is 5.53. The normalized spacial score (nSPS) is 11.2. The Morgan fingerprint density at radius 1 is 1.30 bits per heavy atom. The smallest absolute Gasteiger partial charge is 0.239 e. The fourth-order valence-corrected chi connectivity index (χ4v) is 2.24. The van der Waals surface area contributed by atoms with Gasteiger partial charge in [-0.3, -0.25) is 4.79 Å². The van der Waals surface area contributed by atoms with Crippen molar-refractivity contribution in [1.29, 1.82) is 0 Å². The van der Waals surface area contributed by atoms with Gasteiger partial charge in [0, 0.05) is 25.3 Å². The van der Waals surface area contributed by atoms with Gasteiger partial charge in [0.1, 0.15) is 6.54 Å². The third-order valence-electron chi connectivity index (χ3n) is 3.31. The average Bonchev–Trinajstić information content (AvgIpc) is 2.81. The molecule has 20 heavy (non-hydrogen) atoms. The number of amides is 1. The highest BCUT2D eigenvalue weighted by Gasteiger charge is 2.05. The molecular weight excluding hydrogens is 250 g/mol. The zero-order chi connectivity index (χ0) is 14.5. The monoisotopic (exact) mass is 273 g/mol. The first-order valence-electron chi connectivity index (χ1n) is 7.09. The number of aromatic nitrogens is 1. The summed E-state index contributed by atoms with van der Waals surface area (Å²) in [6, 6.07) is 8.45. The molecule has 108 valence electrons. The first kappa shape index (κ1) is 14.6. The summed E-state index contributed by atoms with van der Waals surface area (Å²) >= 11 is 0. The van der Waals surface area contributed by atoms with Gasteiger partial charge in [-0.25, -0.2) is 0 Å². The van der Waals surface area contributed by atoms with Gasteiger partial charge >= 0.3 is 0 Å². The van der Waals surface area contributed by atoms with Crippen molar-refractivity contribution in [2.24, 2.45) is 5.92 Å². The standard InChI is InChI=1S/C16H23N3O/c1-12(2)9-18-10-13-4-5-15-14(8-13)6-7-19(15)11-16(20)17-3/h4-8,12,18H,9-11H2,1-3H3,(H,17,20). The number of hydrogen-bond donors (Lipinski definition) is 2. The lowest BCUT2D eigenvalue weighted by Gasteiger charge is -2.08. The molecule has 0 saturated carbocycles. The van der Waals surface area contributed by atoms with Crippen molar-refractivity contribution in [2.75, 3.05) is 13.6 Å². The van der Waals surface area contributed by atoms with Crippen LogP contribution in [0.25, 0.3) is 10.9 Å². The van der Waals surface area contributed by atoms with Crippen LogP contribution in [-0.4, -0.2) is 24.1 Å². The first-order valence-corrected chi connectivity index (χ1v) is 7.09. The van der Waals surface area contributed by atoms with Crippen molar-refractivity contribution in [3.05, 3.63) is 36.0 Å². The van der Waals surface area contributed by atoms with Crippen molar-refractivity contribution < 1.29 is 4.79 Å². The summed E-state index contributed by atoms with van der Waals surface area (Å²) in [5.41, 5.74) is 2.37. The van der Waals surface area contributed by atoms with E-state index in [4.69, 9.17) is 0 Å². The summed E-state index contributed by atoms with van der Waals surface area (Å²) in [6.07, 6.45) is 1.96. The predicted octanol–water partition coefficient (Wildman–Crippen LogP) is 2.13. The van der Waals surface area contributed by atoms with Gasteiger partial charge in [0.2, 0.25) is 5.91 Å². The maximum Gasteiger partial charge on any atom is 0.239 e. The van der Waals surface area contributed by atoms with E-state index in [1.165, 1.54) is 10.9 Å². The largest absolute Gasteiger partial charge is 0.358 e. The number of rotatable bonds is 6. The Hall–Kier alpha value is -1.81. The Balaban J connectivity index is 2.09. The van der Waals surface area contributed by atoms with Gasteiger partial charge in [0.05, 0.1) is 0 Å². The van der Waals surface area contributed by atoms with Crippen LogP contribution in [0.2, 0.25) is 0 Å². The third-order valence-corrected chi connectivity index (χ3v) is 3.31. The maximum atomic E-state index is 11.5. The molecule has 0 saturated heterocycles. The SMILES string of the molecule is CNC(=O)Cn1ccc2cc(CNCC(C)C)ccc21. The summed E-state index contributed by atoms with van der Waals surface area (Å²) in [5, 5.41) is 7.27. The average molecular weight is 273 g/mol. The summed E-state index contributed by atoms with van der Waals surface area (Å²) < 4.78 is 1.97. The van der Waals surface area contributed by atoms with Crippen molar-refractivity contribution in [1.82, 2.24) is 15.2 Å². The number of nitrogens with zero attached hydrogens (tertiary/aromatic N) is 1. The van der Waals surface area contributed by atoms with Gasteiger partial charge in [-0.05, 0) is 41.6 Å². The minimum atomic E-state index is 0.0187. The summed E-state index contributed by atoms with van der Waals surface area (Å²) in [7, 11) is 1.66. The van der Waals surface area contributed by atoms with E-state index in [1.807, 2.05) is 10.8 Å². The summed E-state index contributed by atoms with van der Waals surface area (Å²) in [5.74, 6) is 0.678. The number of benzene rings is 1. The van der Waals surface area contributed by atoms with Crippen molar-refractivity contribution in [3.8, 4) is 0 Å². The Morgan fingerprint density at radius 2 is 2.10 bits per heavy atom. The predicted molar refractivity (Wildman–Crippen MR) is 82.5 cm³/mol. The molecule has 0 aliphatic heterocycles. The molecule has 0 unspecified atom stereocenters. The topological polar surface area (TPSA) is 46.1 Å². The molecule has 1 aromatic carbocycles. The number of carbonyl (C=O) groups is 1. The van der Waals surface area contributed by atoms with E-state index in [0.29, 0.717) is 12.5 Å². The molecule has 2 aromatic rings. The number of likely N-dealkylation sites (N-methyl/N-ethyl adjacent to an activating group) is 1. The lowest BCUT2D eigenvalue weighted by atomic mass is 10.1. The van der Waals surface area contributed by atoms with Crippen LogP contribution in [0.3, 0.4) is 0 Å². The van der Waals surface area contributed by atoms with Crippen molar-refractivity contribution >= 4 is 16.8 Å². The first-order chi connectivity index (χ1) is 9.60. The highest BCUT2D eigenvalue weighted by molar-refractivity contribution is 5.83. The molecule has 1 aromatic heterocycles. The van der Waals surface area contributed by atoms with E-state index in [9.17, 15) is 4.79 Å². The molecular formula is C16H23N3O. The molecule has 0 spiro atoms. The molecule has 4 heteroatoms. The second kappa shape index (κ2) is 6.57. The van der Waals surface area contributed by atoms with Gasteiger partial charge in [-0.2, -0.15) is 0 Å². The van der Waals surface area contributed by atoms with Crippen LogP contribution in [0.5, 0.6) is 0 Å². The lowest BCUT2D eigenvalue weighted by Crippen LogP contribution is -2.23. The van der Waals surface area contributed by atoms with Crippen LogP contribution in [0.1, 0.15) is 19.4 Å². The highest BCUT2D eigenvalue weighted by Crippen LogP contribution is 2.17. The Morgan fingerprint density at radius 3 is 2.80 bits per heavy atom. The molecule has 2 N–H and O–H groups in total. The van der Waals surface area contributed by atoms with E-state index < -0.39 is 0 Å². The van der Waals surface area contributed by atoms with Gasteiger partial charge in [0.15, 0.2) is 0 Å². The van der Waals surface area contributed by atoms with Gasteiger partial charge in [-0.1, -0.05) is 19.9 Å². The fourth-order valence-electron chi connectivity index (χ4n) is 2.24. The highest BCUT2D eigenvalue weighted by atomic mass is 16.1. The van der Waals surface area contributed by atoms with Gasteiger partial charge in [0.25, 0.3) is 0 Å². The fraction of sp³-hybridized carbons (Fsp3) is 0.438. The number of carbonyl (C=O) groups excluding carboxylic acids is 1. The van der Waals surface area contributed by atoms with E-state index in [0.717, 1.165) is 18.6 Å². The summed E-state index contributed by atoms with van der Waals surface area (Å²) in [6.45, 7) is 6.68. The molecule has 0 aliphatic carbocycles. The molecule has 0 fully saturated rings. The number of fused-ring (bicyclic) bond motifs is 1. The number of hydrogen-bond acceptors (Lipinski definition) is 2. The molecule has 0 aliphatic rings. The zero-order valence-corrected chi connectivity index (χ0v) is 12.4. The number of nitrogens with one attached hydrogen (secondary N) is 2. The lowest BCUT2D eigenvalue weighted by molar-refractivity contribution is -0.121. The summed E-state index contributed by atoms with van der Waals surface area (Å²) in [4.78, 5) is 11.5. The van der Waals surface area contributed by atoms with Crippen LogP contribution in [0.15, 0.2) is 30.5 Å². The van der Waals surface area contributed by atoms with E-state index in [1.54, 1.807) is 7.05 Å². The molecule has 1 heterocycles. The zero-order valence-electron chi connectivity index (χ0n) is 12.4. The Kier molecular flexibility index (Phi) is 4.79. The van der Waals surface area contributed by atoms with Crippen molar-refractivity contribution in [3.63, 3.8) is 0 Å². The molecule has 0 radical (unpaired) electrons. The van der Waals surface area contributed by atoms with Gasteiger partial charge < -0.3 is 15.2 Å². The molecule has 0 atom stereocenters. The van der Waals surface area contributed by atoms with E-state index >= 15 is 0 Å². The minimum absolute atomic E-state index is 0.0187. The Bertz CT molecular complexity index is 586. The van der Waals surface area contributed by atoms with E-state index in [-0.39, 0.29) is 5.91 Å². The van der Waals surface area contributed by atoms with Crippen LogP contribution in [0.4, 0.5) is 0 Å². The molecule has 0 bridgehead atoms.